The Bertz CT molecular complexity index is 773. The molecule has 0 atom stereocenters. The van der Waals surface area contributed by atoms with E-state index in [0.717, 1.165) is 70.0 Å². The molecule has 0 saturated carbocycles. The smallest absolute Gasteiger partial charge is 0.194 e. The predicted octanol–water partition coefficient (Wildman–Crippen LogP) is 2.44. The highest BCUT2D eigenvalue weighted by atomic mass is 127. The van der Waals surface area contributed by atoms with E-state index < -0.39 is 0 Å². The highest BCUT2D eigenvalue weighted by Gasteiger charge is 2.20. The van der Waals surface area contributed by atoms with E-state index in [9.17, 15) is 0 Å². The summed E-state index contributed by atoms with van der Waals surface area (Å²) in [5.74, 6) is 2.71. The summed E-state index contributed by atoms with van der Waals surface area (Å²) in [4.78, 5) is 9.62. The topological polar surface area (TPSA) is 70.8 Å². The molecule has 1 aromatic heterocycles. The van der Waals surface area contributed by atoms with Gasteiger partial charge >= 0.3 is 0 Å². The van der Waals surface area contributed by atoms with Crippen molar-refractivity contribution in [2.24, 2.45) is 12.0 Å². The first-order chi connectivity index (χ1) is 14.2. The number of aryl methyl sites for hydroxylation is 1. The van der Waals surface area contributed by atoms with Crippen LogP contribution in [-0.4, -0.2) is 71.6 Å². The highest BCUT2D eigenvalue weighted by molar-refractivity contribution is 14.0. The summed E-state index contributed by atoms with van der Waals surface area (Å²) in [5.41, 5.74) is 1.28. The van der Waals surface area contributed by atoms with Crippen molar-refractivity contribution in [1.82, 2.24) is 25.0 Å². The molecular weight excluding hydrogens is 493 g/mol. The fourth-order valence-corrected chi connectivity index (χ4v) is 3.34. The largest absolute Gasteiger partial charge is 0.382 e. The number of piperazine rings is 1. The number of aliphatic imine (C=N–C) groups is 1. The number of hydrogen-bond donors (Lipinski definition) is 1. The Balaban J connectivity index is 0.00000320. The van der Waals surface area contributed by atoms with E-state index in [0.29, 0.717) is 6.54 Å². The van der Waals surface area contributed by atoms with Crippen molar-refractivity contribution in [3.8, 4) is 0 Å². The minimum Gasteiger partial charge on any atom is -0.382 e. The van der Waals surface area contributed by atoms with Crippen molar-refractivity contribution in [2.75, 3.05) is 50.8 Å². The Hall–Kier alpha value is -1.88. The molecule has 0 bridgehead atoms. The number of ether oxygens (including phenoxy) is 1. The van der Waals surface area contributed by atoms with Crippen LogP contribution in [0.3, 0.4) is 0 Å². The van der Waals surface area contributed by atoms with Crippen LogP contribution in [0.25, 0.3) is 0 Å². The van der Waals surface area contributed by atoms with Gasteiger partial charge in [0.2, 0.25) is 0 Å². The number of benzene rings is 1. The zero-order valence-corrected chi connectivity index (χ0v) is 20.6. The fraction of sp³-hybridized carbons (Fsp3) is 0.571. The van der Waals surface area contributed by atoms with Crippen LogP contribution in [0.5, 0.6) is 0 Å². The number of aromatic nitrogens is 3. The summed E-state index contributed by atoms with van der Waals surface area (Å²) < 4.78 is 7.44. The maximum Gasteiger partial charge on any atom is 0.194 e. The fourth-order valence-electron chi connectivity index (χ4n) is 3.34. The number of rotatable bonds is 8. The monoisotopic (exact) mass is 527 g/mol. The summed E-state index contributed by atoms with van der Waals surface area (Å²) >= 11 is 0. The maximum atomic E-state index is 5.45. The van der Waals surface area contributed by atoms with Crippen molar-refractivity contribution < 1.29 is 4.74 Å². The molecule has 0 amide bonds. The van der Waals surface area contributed by atoms with E-state index in [1.807, 2.05) is 25.5 Å². The van der Waals surface area contributed by atoms with Crippen LogP contribution in [0.4, 0.5) is 5.69 Å². The van der Waals surface area contributed by atoms with Gasteiger partial charge in [-0.25, -0.2) is 4.99 Å². The summed E-state index contributed by atoms with van der Waals surface area (Å²) in [7, 11) is 1.98. The molecule has 1 N–H and O–H groups in total. The van der Waals surface area contributed by atoms with Crippen LogP contribution in [-0.2, 0) is 18.3 Å². The lowest BCUT2D eigenvalue weighted by molar-refractivity contribution is 0.145. The normalized spacial score (nSPS) is 14.6. The van der Waals surface area contributed by atoms with Gasteiger partial charge in [0.15, 0.2) is 11.8 Å². The molecule has 166 valence electrons. The molecule has 2 aromatic rings. The standard InChI is InChI=1S/C21H33N7O.HI/c1-4-29-16-8-11-22-21(23-17-20-25-24-18(2)26(20)3)28-14-12-27(13-15-28)19-9-6-5-7-10-19;/h5-7,9-10H,4,8,11-17H2,1-3H3,(H,22,23);1H. The van der Waals surface area contributed by atoms with Gasteiger partial charge in [-0.05, 0) is 32.4 Å². The summed E-state index contributed by atoms with van der Waals surface area (Å²) in [5, 5.41) is 11.9. The van der Waals surface area contributed by atoms with Gasteiger partial charge in [-0.15, -0.1) is 34.2 Å². The molecule has 0 spiro atoms. The number of anilines is 1. The van der Waals surface area contributed by atoms with Crippen molar-refractivity contribution in [3.05, 3.63) is 42.0 Å². The quantitative estimate of drug-likeness (QED) is 0.246. The molecule has 1 aliphatic heterocycles. The third-order valence-electron chi connectivity index (χ3n) is 5.21. The van der Waals surface area contributed by atoms with Gasteiger partial charge in [0.1, 0.15) is 12.4 Å². The molecule has 1 fully saturated rings. The maximum absolute atomic E-state index is 5.45. The predicted molar refractivity (Wildman–Crippen MR) is 132 cm³/mol. The van der Waals surface area contributed by atoms with Gasteiger partial charge in [-0.2, -0.15) is 0 Å². The van der Waals surface area contributed by atoms with Crippen LogP contribution in [0.1, 0.15) is 25.0 Å². The molecule has 0 radical (unpaired) electrons. The van der Waals surface area contributed by atoms with Crippen LogP contribution in [0.2, 0.25) is 0 Å². The van der Waals surface area contributed by atoms with Crippen molar-refractivity contribution >= 4 is 35.6 Å². The van der Waals surface area contributed by atoms with E-state index in [2.05, 4.69) is 55.6 Å². The zero-order chi connectivity index (χ0) is 20.5. The van der Waals surface area contributed by atoms with Gasteiger partial charge in [-0.3, -0.25) is 0 Å². The van der Waals surface area contributed by atoms with Crippen LogP contribution in [0, 0.1) is 6.92 Å². The third-order valence-corrected chi connectivity index (χ3v) is 5.21. The second-order valence-corrected chi connectivity index (χ2v) is 7.15. The van der Waals surface area contributed by atoms with E-state index in [4.69, 9.17) is 9.73 Å². The number of para-hydroxylation sites is 1. The van der Waals surface area contributed by atoms with Crippen LogP contribution < -0.4 is 10.2 Å². The van der Waals surface area contributed by atoms with E-state index in [-0.39, 0.29) is 24.0 Å². The van der Waals surface area contributed by atoms with E-state index >= 15 is 0 Å². The van der Waals surface area contributed by atoms with Gasteiger partial charge in [0.05, 0.1) is 0 Å². The van der Waals surface area contributed by atoms with E-state index in [1.165, 1.54) is 5.69 Å². The first kappa shape index (κ1) is 24.4. The Morgan fingerprint density at radius 1 is 1.13 bits per heavy atom. The van der Waals surface area contributed by atoms with Gasteiger partial charge in [0.25, 0.3) is 0 Å². The Kier molecular flexibility index (Phi) is 10.4. The van der Waals surface area contributed by atoms with Crippen LogP contribution in [0.15, 0.2) is 35.3 Å². The van der Waals surface area contributed by atoms with E-state index in [1.54, 1.807) is 0 Å². The van der Waals surface area contributed by atoms with Crippen molar-refractivity contribution in [3.63, 3.8) is 0 Å². The van der Waals surface area contributed by atoms with Gasteiger partial charge in [0, 0.05) is 58.7 Å². The lowest BCUT2D eigenvalue weighted by Gasteiger charge is -2.37. The number of halogens is 1. The molecule has 8 nitrogen and oxygen atoms in total. The summed E-state index contributed by atoms with van der Waals surface area (Å²) in [6.07, 6.45) is 0.958. The summed E-state index contributed by atoms with van der Waals surface area (Å²) in [6.45, 7) is 10.7. The highest BCUT2D eigenvalue weighted by Crippen LogP contribution is 2.15. The molecule has 3 rings (SSSR count). The summed E-state index contributed by atoms with van der Waals surface area (Å²) in [6, 6.07) is 10.6. The number of nitrogens with zero attached hydrogens (tertiary/aromatic N) is 6. The molecule has 1 aromatic carbocycles. The third kappa shape index (κ3) is 6.83. The number of guanidine groups is 1. The van der Waals surface area contributed by atoms with Crippen LogP contribution >= 0.6 is 24.0 Å². The average Bonchev–Trinajstić information content (AvgIpc) is 3.08. The molecule has 9 heteroatoms. The Labute approximate surface area is 196 Å². The number of hydrogen-bond acceptors (Lipinski definition) is 5. The molecule has 0 aliphatic carbocycles. The molecule has 0 unspecified atom stereocenters. The van der Waals surface area contributed by atoms with Gasteiger partial charge in [-0.1, -0.05) is 18.2 Å². The lowest BCUT2D eigenvalue weighted by Crippen LogP contribution is -2.52. The molecule has 1 aliphatic rings. The number of nitrogens with one attached hydrogen (secondary N) is 1. The molecule has 1 saturated heterocycles. The first-order valence-corrected chi connectivity index (χ1v) is 10.4. The minimum atomic E-state index is 0. The Morgan fingerprint density at radius 2 is 1.87 bits per heavy atom. The van der Waals surface area contributed by atoms with Gasteiger partial charge < -0.3 is 24.4 Å². The SMILES string of the molecule is CCOCCCNC(=NCc1nnc(C)n1C)N1CCN(c2ccccc2)CC1.I. The second-order valence-electron chi connectivity index (χ2n) is 7.15. The lowest BCUT2D eigenvalue weighted by atomic mass is 10.2. The molecule has 2 heterocycles. The average molecular weight is 527 g/mol. The first-order valence-electron chi connectivity index (χ1n) is 10.4. The zero-order valence-electron chi connectivity index (χ0n) is 18.3. The minimum absolute atomic E-state index is 0. The molecular formula is C21H34IN7O. The Morgan fingerprint density at radius 3 is 2.50 bits per heavy atom. The molecule has 30 heavy (non-hydrogen) atoms. The van der Waals surface area contributed by atoms with Crippen molar-refractivity contribution in [2.45, 2.75) is 26.8 Å². The second kappa shape index (κ2) is 12.7. The van der Waals surface area contributed by atoms with Crippen molar-refractivity contribution in [1.29, 1.82) is 0 Å².